The zero-order valence-corrected chi connectivity index (χ0v) is 21.1. The van der Waals surface area contributed by atoms with Crippen LogP contribution in [0.1, 0.15) is 32.9 Å². The van der Waals surface area contributed by atoms with Crippen LogP contribution in [0.25, 0.3) is 22.5 Å². The minimum atomic E-state index is -1.11. The van der Waals surface area contributed by atoms with Gasteiger partial charge in [0.15, 0.2) is 0 Å². The number of aryl methyl sites for hydroxylation is 1. The van der Waals surface area contributed by atoms with E-state index < -0.39 is 5.97 Å². The number of hydrogen-bond acceptors (Lipinski definition) is 4. The predicted octanol–water partition coefficient (Wildman–Crippen LogP) is 6.84. The number of carboxylic acid groups (broad SMARTS) is 1. The highest BCUT2D eigenvalue weighted by Crippen LogP contribution is 2.35. The number of benzene rings is 3. The predicted molar refractivity (Wildman–Crippen MR) is 143 cm³/mol. The number of amides is 2. The Kier molecular flexibility index (Phi) is 6.20. The van der Waals surface area contributed by atoms with E-state index in [1.807, 2.05) is 66.9 Å². The van der Waals surface area contributed by atoms with Gasteiger partial charge in [-0.3, -0.25) is 14.5 Å². The third-order valence-electron chi connectivity index (χ3n) is 6.28. The van der Waals surface area contributed by atoms with Gasteiger partial charge in [-0.15, -0.1) is 0 Å². The molecule has 36 heavy (non-hydrogen) atoms. The van der Waals surface area contributed by atoms with Gasteiger partial charge in [0.25, 0.3) is 11.1 Å². The highest BCUT2D eigenvalue weighted by atomic mass is 35.5. The lowest BCUT2D eigenvalue weighted by Gasteiger charge is -2.14. The number of thioether (sulfide) groups is 1. The number of carbonyl (C=O) groups excluding carboxylic acids is 2. The van der Waals surface area contributed by atoms with Crippen molar-refractivity contribution in [1.29, 1.82) is 0 Å². The van der Waals surface area contributed by atoms with Gasteiger partial charge in [-0.2, -0.15) is 0 Å². The van der Waals surface area contributed by atoms with E-state index >= 15 is 0 Å². The Hall–Kier alpha value is -3.81. The van der Waals surface area contributed by atoms with E-state index in [9.17, 15) is 19.5 Å². The number of halogens is 1. The molecule has 8 heteroatoms. The number of fused-ring (bicyclic) bond motifs is 1. The van der Waals surface area contributed by atoms with Crippen molar-refractivity contribution < 1.29 is 19.5 Å². The van der Waals surface area contributed by atoms with Crippen molar-refractivity contribution >= 4 is 57.3 Å². The van der Waals surface area contributed by atoms with Gasteiger partial charge in [0.1, 0.15) is 0 Å². The van der Waals surface area contributed by atoms with Gasteiger partial charge in [0.2, 0.25) is 0 Å². The Bertz CT molecular complexity index is 1600. The monoisotopic (exact) mass is 516 g/mol. The Morgan fingerprint density at radius 1 is 1.03 bits per heavy atom. The van der Waals surface area contributed by atoms with Crippen LogP contribution >= 0.6 is 23.4 Å². The quantitative estimate of drug-likeness (QED) is 0.294. The molecule has 2 amide bonds. The van der Waals surface area contributed by atoms with Gasteiger partial charge in [-0.05, 0) is 77.9 Å². The number of carbonyl (C=O) groups is 3. The van der Waals surface area contributed by atoms with Gasteiger partial charge in [0, 0.05) is 17.1 Å². The summed E-state index contributed by atoms with van der Waals surface area (Å²) in [4.78, 5) is 39.2. The number of rotatable bonds is 5. The number of nitrogens with zero attached hydrogens (tertiary/aromatic N) is 2. The lowest BCUT2D eigenvalue weighted by atomic mass is 10.0. The first-order valence-corrected chi connectivity index (χ1v) is 12.4. The van der Waals surface area contributed by atoms with Crippen LogP contribution in [0.5, 0.6) is 0 Å². The van der Waals surface area contributed by atoms with Gasteiger partial charge in [0.05, 0.1) is 22.0 Å². The molecule has 0 aliphatic carbocycles. The van der Waals surface area contributed by atoms with Crippen LogP contribution in [0.4, 0.5) is 4.79 Å². The van der Waals surface area contributed by atoms with Crippen molar-refractivity contribution in [2.24, 2.45) is 0 Å². The summed E-state index contributed by atoms with van der Waals surface area (Å²) in [6, 6.07) is 20.5. The number of hydrogen-bond donors (Lipinski definition) is 1. The molecular formula is C28H21ClN2O4S. The Labute approximate surface area is 216 Å². The summed E-state index contributed by atoms with van der Waals surface area (Å²) in [6.07, 6.45) is 1.72. The normalized spacial score (nSPS) is 14.9. The number of carboxylic acids is 1. The molecule has 6 nitrogen and oxygen atoms in total. The van der Waals surface area contributed by atoms with E-state index in [1.54, 1.807) is 18.2 Å². The largest absolute Gasteiger partial charge is 0.478 e. The lowest BCUT2D eigenvalue weighted by Crippen LogP contribution is -2.27. The van der Waals surface area contributed by atoms with E-state index in [4.69, 9.17) is 11.6 Å². The molecule has 3 aromatic carbocycles. The summed E-state index contributed by atoms with van der Waals surface area (Å²) in [5, 5.41) is 11.3. The Morgan fingerprint density at radius 2 is 1.78 bits per heavy atom. The molecule has 1 aliphatic heterocycles. The summed E-state index contributed by atoms with van der Waals surface area (Å²) in [7, 11) is 0. The molecule has 4 aromatic rings. The summed E-state index contributed by atoms with van der Waals surface area (Å²) in [5.41, 5.74) is 4.01. The van der Waals surface area contributed by atoms with Gasteiger partial charge < -0.3 is 9.67 Å². The number of imide groups is 1. The van der Waals surface area contributed by atoms with Crippen LogP contribution in [0.15, 0.2) is 71.6 Å². The second-order valence-corrected chi connectivity index (χ2v) is 9.94. The van der Waals surface area contributed by atoms with E-state index in [0.29, 0.717) is 10.6 Å². The molecule has 0 saturated carbocycles. The fraction of sp³-hybridized carbons (Fsp3) is 0.107. The maximum atomic E-state index is 13.2. The lowest BCUT2D eigenvalue weighted by molar-refractivity contribution is -0.123. The van der Waals surface area contributed by atoms with Crippen LogP contribution in [-0.4, -0.2) is 31.7 Å². The second kappa shape index (κ2) is 9.33. The minimum absolute atomic E-state index is 0.0118. The molecular weight excluding hydrogens is 496 g/mol. The van der Waals surface area contributed by atoms with Crippen LogP contribution in [0, 0.1) is 13.8 Å². The van der Waals surface area contributed by atoms with Crippen LogP contribution < -0.4 is 0 Å². The summed E-state index contributed by atoms with van der Waals surface area (Å²) >= 11 is 6.96. The summed E-state index contributed by atoms with van der Waals surface area (Å²) < 4.78 is 1.90. The van der Waals surface area contributed by atoms with E-state index in [1.165, 1.54) is 11.0 Å². The smallest absolute Gasteiger partial charge is 0.337 e. The van der Waals surface area contributed by atoms with Crippen LogP contribution in [0.3, 0.4) is 0 Å². The molecule has 0 spiro atoms. The first-order chi connectivity index (χ1) is 17.2. The third-order valence-corrected chi connectivity index (χ3v) is 7.51. The molecule has 0 atom stereocenters. The molecule has 180 valence electrons. The molecule has 1 N–H and O–H groups in total. The molecule has 2 heterocycles. The average molecular weight is 517 g/mol. The van der Waals surface area contributed by atoms with Crippen molar-refractivity contribution in [3.05, 3.63) is 105 Å². The fourth-order valence-corrected chi connectivity index (χ4v) is 5.55. The SMILES string of the molecule is Cc1cc(/C=C2\SC(=O)N(Cc3cccc4ccccc34)C2=O)c(C)n1-c1ccc(Cl)c(C(=O)O)c1. The topological polar surface area (TPSA) is 79.6 Å². The molecule has 1 saturated heterocycles. The zero-order chi connectivity index (χ0) is 25.6. The summed E-state index contributed by atoms with van der Waals surface area (Å²) in [6.45, 7) is 3.98. The highest BCUT2D eigenvalue weighted by Gasteiger charge is 2.35. The maximum Gasteiger partial charge on any atom is 0.337 e. The molecule has 5 rings (SSSR count). The van der Waals surface area contributed by atoms with Gasteiger partial charge in [-0.25, -0.2) is 4.79 Å². The van der Waals surface area contributed by atoms with Crippen molar-refractivity contribution in [1.82, 2.24) is 9.47 Å². The number of aromatic carboxylic acids is 1. The van der Waals surface area contributed by atoms with Crippen molar-refractivity contribution in [3.8, 4) is 5.69 Å². The van der Waals surface area contributed by atoms with Crippen molar-refractivity contribution in [3.63, 3.8) is 0 Å². The average Bonchev–Trinajstić information content (AvgIpc) is 3.28. The first kappa shape index (κ1) is 23.9. The second-order valence-electron chi connectivity index (χ2n) is 8.54. The molecule has 1 aliphatic rings. The van der Waals surface area contributed by atoms with Gasteiger partial charge in [-0.1, -0.05) is 54.1 Å². The van der Waals surface area contributed by atoms with Crippen LogP contribution in [-0.2, 0) is 11.3 Å². The minimum Gasteiger partial charge on any atom is -0.478 e. The molecule has 0 radical (unpaired) electrons. The van der Waals surface area contributed by atoms with E-state index in [-0.39, 0.29) is 28.3 Å². The van der Waals surface area contributed by atoms with Crippen molar-refractivity contribution in [2.75, 3.05) is 0 Å². The molecule has 0 unspecified atom stereocenters. The molecule has 0 bridgehead atoms. The third kappa shape index (κ3) is 4.21. The van der Waals surface area contributed by atoms with Gasteiger partial charge >= 0.3 is 5.97 Å². The molecule has 1 fully saturated rings. The molecule has 1 aromatic heterocycles. The summed E-state index contributed by atoms with van der Waals surface area (Å²) in [5.74, 6) is -1.44. The van der Waals surface area contributed by atoms with Crippen molar-refractivity contribution in [2.45, 2.75) is 20.4 Å². The Balaban J connectivity index is 1.46. The standard InChI is InChI=1S/C28H21ClN2O4S/c1-16-12-20(17(2)31(16)21-10-11-24(29)23(14-21)27(33)34)13-25-26(32)30(28(35)36-25)15-19-8-5-7-18-6-3-4-9-22(18)19/h3-14H,15H2,1-2H3,(H,33,34)/b25-13-. The Morgan fingerprint density at radius 3 is 2.56 bits per heavy atom. The first-order valence-electron chi connectivity index (χ1n) is 11.2. The van der Waals surface area contributed by atoms with E-state index in [0.717, 1.165) is 45.0 Å². The maximum absolute atomic E-state index is 13.2. The number of aromatic nitrogens is 1. The highest BCUT2D eigenvalue weighted by molar-refractivity contribution is 8.18. The zero-order valence-electron chi connectivity index (χ0n) is 19.5. The fourth-order valence-electron chi connectivity index (χ4n) is 4.53. The van der Waals surface area contributed by atoms with E-state index in [2.05, 4.69) is 0 Å². The van der Waals surface area contributed by atoms with Crippen LogP contribution in [0.2, 0.25) is 5.02 Å².